The summed E-state index contributed by atoms with van der Waals surface area (Å²) in [5.74, 6) is -0.0572. The van der Waals surface area contributed by atoms with Gasteiger partial charge < -0.3 is 9.47 Å². The fourth-order valence-corrected chi connectivity index (χ4v) is 1.32. The van der Waals surface area contributed by atoms with Gasteiger partial charge in [0.2, 0.25) is 0 Å². The quantitative estimate of drug-likeness (QED) is 0.574. The highest BCUT2D eigenvalue weighted by molar-refractivity contribution is 5.76. The molecule has 0 spiro atoms. The number of methoxy groups -OCH3 is 2. The topological polar surface area (TPSA) is 38.5 Å². The van der Waals surface area contributed by atoms with Gasteiger partial charge in [0.1, 0.15) is 0 Å². The van der Waals surface area contributed by atoms with Gasteiger partial charge in [-0.25, -0.2) is 4.79 Å². The first-order valence-electron chi connectivity index (χ1n) is 4.07. The molecule has 2 atom stereocenters. The van der Waals surface area contributed by atoms with E-state index in [0.29, 0.717) is 0 Å². The van der Waals surface area contributed by atoms with Gasteiger partial charge in [0.25, 0.3) is 6.23 Å². The van der Waals surface area contributed by atoms with E-state index in [1.165, 1.54) is 11.5 Å². The van der Waals surface area contributed by atoms with Crippen LogP contribution in [0.1, 0.15) is 6.92 Å². The first kappa shape index (κ1) is 10.1. The summed E-state index contributed by atoms with van der Waals surface area (Å²) in [7, 11) is 3.14. The molecule has 0 fully saturated rings. The molecule has 1 heterocycles. The highest BCUT2D eigenvalue weighted by atomic mass is 16.5. The van der Waals surface area contributed by atoms with Crippen LogP contribution in [0.5, 0.6) is 0 Å². The van der Waals surface area contributed by atoms with Crippen LogP contribution < -0.4 is 0 Å². The van der Waals surface area contributed by atoms with Crippen LogP contribution in [0, 0.1) is 0 Å². The van der Waals surface area contributed by atoms with E-state index in [0.717, 1.165) is 0 Å². The molecule has 0 aromatic heterocycles. The van der Waals surface area contributed by atoms with Gasteiger partial charge in [0, 0.05) is 20.3 Å². The molecule has 0 N–H and O–H groups in total. The van der Waals surface area contributed by atoms with Gasteiger partial charge in [-0.15, -0.1) is 4.58 Å². The Morgan fingerprint density at radius 3 is 2.54 bits per heavy atom. The maximum absolute atomic E-state index is 11.2. The summed E-state index contributed by atoms with van der Waals surface area (Å²) >= 11 is 0. The van der Waals surface area contributed by atoms with Crippen molar-refractivity contribution in [3.63, 3.8) is 0 Å². The van der Waals surface area contributed by atoms with Gasteiger partial charge in [-0.3, -0.25) is 0 Å². The lowest BCUT2D eigenvalue weighted by Gasteiger charge is -2.20. The molecule has 13 heavy (non-hydrogen) atoms. The van der Waals surface area contributed by atoms with Crippen LogP contribution in [-0.2, 0) is 14.3 Å². The van der Waals surface area contributed by atoms with Gasteiger partial charge in [0.15, 0.2) is 12.3 Å². The van der Waals surface area contributed by atoms with Crippen molar-refractivity contribution in [2.24, 2.45) is 0 Å². The summed E-state index contributed by atoms with van der Waals surface area (Å²) in [6, 6.07) is 0. The zero-order chi connectivity index (χ0) is 9.84. The van der Waals surface area contributed by atoms with Gasteiger partial charge in [-0.1, -0.05) is 0 Å². The molecule has 4 heteroatoms. The Hall–Kier alpha value is -1.00. The van der Waals surface area contributed by atoms with Crippen molar-refractivity contribution in [2.75, 3.05) is 14.2 Å². The predicted octanol–water partition coefficient (Wildman–Crippen LogP) is 0.174. The van der Waals surface area contributed by atoms with Crippen molar-refractivity contribution < 1.29 is 18.8 Å². The van der Waals surface area contributed by atoms with Gasteiger partial charge >= 0.3 is 5.91 Å². The number of amides is 1. The standard InChI is InChI=1S/C9H14NO3/c1-7(11)10-6-4-5-8(12-2)9(10)13-3/h4-6,8-9H,1-3H3/q+1/t8-,9-/m1/s1. The molecule has 0 aromatic carbocycles. The average molecular weight is 184 g/mol. The summed E-state index contributed by atoms with van der Waals surface area (Å²) in [6.45, 7) is 1.49. The zero-order valence-electron chi connectivity index (χ0n) is 8.06. The lowest BCUT2D eigenvalue weighted by atomic mass is 10.2. The highest BCUT2D eigenvalue weighted by Crippen LogP contribution is 2.09. The zero-order valence-corrected chi connectivity index (χ0v) is 8.06. The van der Waals surface area contributed by atoms with E-state index in [-0.39, 0.29) is 18.2 Å². The van der Waals surface area contributed by atoms with E-state index in [1.54, 1.807) is 26.5 Å². The first-order valence-corrected chi connectivity index (χ1v) is 4.07. The van der Waals surface area contributed by atoms with E-state index in [2.05, 4.69) is 0 Å². The molecule has 72 valence electrons. The number of carbonyl (C=O) groups is 1. The normalized spacial score (nSPS) is 27.2. The summed E-state index contributed by atoms with van der Waals surface area (Å²) in [5, 5.41) is 0. The number of allylic oxidation sites excluding steroid dienone is 1. The molecule has 4 nitrogen and oxygen atoms in total. The lowest BCUT2D eigenvalue weighted by molar-refractivity contribution is -0.546. The number of carbonyl (C=O) groups excluding carboxylic acids is 1. The molecular formula is C9H14NO3+. The number of nitrogens with zero attached hydrogens (tertiary/aromatic N) is 1. The van der Waals surface area contributed by atoms with E-state index < -0.39 is 0 Å². The summed E-state index contributed by atoms with van der Waals surface area (Å²) in [6.07, 6.45) is 4.77. The molecule has 0 bridgehead atoms. The molecule has 1 rings (SSSR count). The predicted molar refractivity (Wildman–Crippen MR) is 47.7 cm³/mol. The minimum absolute atomic E-state index is 0.0572. The summed E-state index contributed by atoms with van der Waals surface area (Å²) in [4.78, 5) is 11.2. The Bertz CT molecular complexity index is 258. The van der Waals surface area contributed by atoms with Crippen LogP contribution >= 0.6 is 0 Å². The molecule has 1 amide bonds. The molecule has 0 saturated heterocycles. The first-order chi connectivity index (χ1) is 6.20. The number of ether oxygens (including phenoxy) is 2. The van der Waals surface area contributed by atoms with Crippen LogP contribution in [0.3, 0.4) is 0 Å². The van der Waals surface area contributed by atoms with Crippen LogP contribution in [0.2, 0.25) is 0 Å². The van der Waals surface area contributed by atoms with E-state index >= 15 is 0 Å². The third kappa shape index (κ3) is 2.02. The van der Waals surface area contributed by atoms with Crippen molar-refractivity contribution in [2.45, 2.75) is 19.3 Å². The second kappa shape index (κ2) is 4.30. The molecule has 1 aliphatic heterocycles. The lowest BCUT2D eigenvalue weighted by Crippen LogP contribution is -2.43. The van der Waals surface area contributed by atoms with Gasteiger partial charge in [0.05, 0.1) is 6.92 Å². The molecule has 0 aliphatic carbocycles. The number of hydrogen-bond acceptors (Lipinski definition) is 3. The third-order valence-corrected chi connectivity index (χ3v) is 1.98. The Morgan fingerprint density at radius 2 is 2.08 bits per heavy atom. The number of rotatable bonds is 2. The van der Waals surface area contributed by atoms with Gasteiger partial charge in [-0.2, -0.15) is 0 Å². The fraction of sp³-hybridized carbons (Fsp3) is 0.556. The molecule has 0 radical (unpaired) electrons. The van der Waals surface area contributed by atoms with Crippen molar-refractivity contribution in [1.82, 2.24) is 0 Å². The maximum Gasteiger partial charge on any atom is 0.386 e. The minimum Gasteiger partial charge on any atom is -0.367 e. The molecular weight excluding hydrogens is 170 g/mol. The van der Waals surface area contributed by atoms with Crippen molar-refractivity contribution in [3.8, 4) is 0 Å². The molecule has 0 aromatic rings. The second-order valence-corrected chi connectivity index (χ2v) is 2.79. The second-order valence-electron chi connectivity index (χ2n) is 2.79. The highest BCUT2D eigenvalue weighted by Gasteiger charge is 2.34. The van der Waals surface area contributed by atoms with Crippen LogP contribution in [0.25, 0.3) is 0 Å². The Morgan fingerprint density at radius 1 is 1.38 bits per heavy atom. The van der Waals surface area contributed by atoms with Crippen LogP contribution in [-0.4, -0.2) is 43.2 Å². The Labute approximate surface area is 77.5 Å². The minimum atomic E-state index is -0.354. The van der Waals surface area contributed by atoms with E-state index in [4.69, 9.17) is 9.47 Å². The largest absolute Gasteiger partial charge is 0.386 e. The maximum atomic E-state index is 11.2. The molecule has 0 unspecified atom stereocenters. The summed E-state index contributed by atoms with van der Waals surface area (Å²) in [5.41, 5.74) is 0. The van der Waals surface area contributed by atoms with E-state index in [1.807, 2.05) is 6.08 Å². The Balaban J connectivity index is 2.88. The van der Waals surface area contributed by atoms with Crippen LogP contribution in [0.4, 0.5) is 0 Å². The van der Waals surface area contributed by atoms with Gasteiger partial charge in [-0.05, 0) is 6.08 Å². The Kier molecular flexibility index (Phi) is 3.33. The summed E-state index contributed by atoms with van der Waals surface area (Å²) < 4.78 is 11.8. The fourth-order valence-electron chi connectivity index (χ4n) is 1.32. The number of hydrogen-bond donors (Lipinski definition) is 0. The average Bonchev–Trinajstić information content (AvgIpc) is 2.16. The smallest absolute Gasteiger partial charge is 0.367 e. The monoisotopic (exact) mass is 184 g/mol. The van der Waals surface area contributed by atoms with Crippen molar-refractivity contribution in [1.29, 1.82) is 0 Å². The van der Waals surface area contributed by atoms with Crippen molar-refractivity contribution >= 4 is 12.1 Å². The molecule has 0 saturated carbocycles. The molecule has 1 aliphatic rings. The SMILES string of the molecule is CO[C@@H]1[C@H](OC)C=CC=[N+]1C(C)=O. The van der Waals surface area contributed by atoms with Crippen LogP contribution in [0.15, 0.2) is 12.2 Å². The third-order valence-electron chi connectivity index (χ3n) is 1.98. The van der Waals surface area contributed by atoms with Crippen molar-refractivity contribution in [3.05, 3.63) is 12.2 Å². The van der Waals surface area contributed by atoms with E-state index in [9.17, 15) is 4.79 Å².